The summed E-state index contributed by atoms with van der Waals surface area (Å²) in [4.78, 5) is 16.5. The van der Waals surface area contributed by atoms with Crippen molar-refractivity contribution in [2.75, 3.05) is 4.43 Å². The second kappa shape index (κ2) is 5.35. The van der Waals surface area contributed by atoms with Gasteiger partial charge in [-0.3, -0.25) is 9.36 Å². The first-order valence-electron chi connectivity index (χ1n) is 5.34. The van der Waals surface area contributed by atoms with E-state index in [1.807, 2.05) is 13.0 Å². The van der Waals surface area contributed by atoms with Crippen molar-refractivity contribution in [1.29, 1.82) is 0 Å². The van der Waals surface area contributed by atoms with E-state index in [0.29, 0.717) is 17.0 Å². The van der Waals surface area contributed by atoms with E-state index in [9.17, 15) is 4.79 Å². The minimum absolute atomic E-state index is 0.00884. The van der Waals surface area contributed by atoms with E-state index in [0.717, 1.165) is 21.9 Å². The van der Waals surface area contributed by atoms with E-state index in [4.69, 9.17) is 11.6 Å². The summed E-state index contributed by atoms with van der Waals surface area (Å²) in [6.07, 6.45) is 2.59. The molecule has 0 saturated heterocycles. The molecule has 0 spiro atoms. The molecule has 90 valence electrons. The minimum atomic E-state index is -0.00884. The SMILES string of the molecule is Cc1cc(Cl)cc2c(=O)n(CCCI)cnc12. The Morgan fingerprint density at radius 2 is 2.24 bits per heavy atom. The molecule has 1 heterocycles. The summed E-state index contributed by atoms with van der Waals surface area (Å²) in [5.41, 5.74) is 1.67. The topological polar surface area (TPSA) is 34.9 Å². The number of aryl methyl sites for hydroxylation is 2. The van der Waals surface area contributed by atoms with Crippen LogP contribution in [0.4, 0.5) is 0 Å². The Labute approximate surface area is 118 Å². The van der Waals surface area contributed by atoms with Crippen molar-refractivity contribution in [2.24, 2.45) is 0 Å². The van der Waals surface area contributed by atoms with Crippen LogP contribution in [-0.2, 0) is 6.54 Å². The zero-order valence-corrected chi connectivity index (χ0v) is 12.3. The molecule has 0 radical (unpaired) electrons. The first kappa shape index (κ1) is 12.8. The highest BCUT2D eigenvalue weighted by Crippen LogP contribution is 2.18. The van der Waals surface area contributed by atoms with Crippen molar-refractivity contribution < 1.29 is 0 Å². The van der Waals surface area contributed by atoms with Gasteiger partial charge in [-0.1, -0.05) is 34.2 Å². The largest absolute Gasteiger partial charge is 0.299 e. The number of benzene rings is 1. The predicted molar refractivity (Wildman–Crippen MR) is 79.3 cm³/mol. The molecule has 0 saturated carbocycles. The van der Waals surface area contributed by atoms with Crippen LogP contribution in [0.1, 0.15) is 12.0 Å². The Kier molecular flexibility index (Phi) is 4.04. The number of alkyl halides is 1. The molecule has 1 aromatic carbocycles. The molecule has 2 rings (SSSR count). The lowest BCUT2D eigenvalue weighted by atomic mass is 10.1. The van der Waals surface area contributed by atoms with Gasteiger partial charge in [0, 0.05) is 16.0 Å². The first-order valence-corrected chi connectivity index (χ1v) is 7.25. The zero-order valence-electron chi connectivity index (χ0n) is 9.41. The first-order chi connectivity index (χ1) is 8.13. The molecule has 2 aromatic rings. The van der Waals surface area contributed by atoms with Crippen LogP contribution < -0.4 is 5.56 Å². The summed E-state index contributed by atoms with van der Waals surface area (Å²) < 4.78 is 2.67. The summed E-state index contributed by atoms with van der Waals surface area (Å²) in [5, 5.41) is 1.19. The summed E-state index contributed by atoms with van der Waals surface area (Å²) in [6, 6.07) is 3.52. The fraction of sp³-hybridized carbons (Fsp3) is 0.333. The van der Waals surface area contributed by atoms with Gasteiger partial charge in [-0.15, -0.1) is 0 Å². The smallest absolute Gasteiger partial charge is 0.261 e. The van der Waals surface area contributed by atoms with Crippen molar-refractivity contribution in [3.63, 3.8) is 0 Å². The third-order valence-corrected chi connectivity index (χ3v) is 3.60. The van der Waals surface area contributed by atoms with Crippen LogP contribution in [0.5, 0.6) is 0 Å². The molecule has 0 aliphatic rings. The molecule has 5 heteroatoms. The van der Waals surface area contributed by atoms with Crippen molar-refractivity contribution in [3.05, 3.63) is 39.4 Å². The molecule has 0 amide bonds. The molecule has 0 fully saturated rings. The fourth-order valence-electron chi connectivity index (χ4n) is 1.79. The van der Waals surface area contributed by atoms with Crippen molar-refractivity contribution in [2.45, 2.75) is 19.9 Å². The van der Waals surface area contributed by atoms with Crippen LogP contribution in [0, 0.1) is 6.92 Å². The molecule has 0 bridgehead atoms. The quantitative estimate of drug-likeness (QED) is 0.621. The molecule has 0 atom stereocenters. The summed E-state index contributed by atoms with van der Waals surface area (Å²) >= 11 is 8.27. The fourth-order valence-corrected chi connectivity index (χ4v) is 2.41. The summed E-state index contributed by atoms with van der Waals surface area (Å²) in [6.45, 7) is 2.62. The number of nitrogens with zero attached hydrogens (tertiary/aromatic N) is 2. The van der Waals surface area contributed by atoms with E-state index >= 15 is 0 Å². The highest BCUT2D eigenvalue weighted by molar-refractivity contribution is 14.1. The van der Waals surface area contributed by atoms with Gasteiger partial charge in [-0.05, 0) is 31.0 Å². The molecule has 0 aliphatic carbocycles. The number of rotatable bonds is 3. The van der Waals surface area contributed by atoms with Gasteiger partial charge in [0.05, 0.1) is 17.2 Å². The Bertz CT molecular complexity index is 609. The van der Waals surface area contributed by atoms with E-state index < -0.39 is 0 Å². The van der Waals surface area contributed by atoms with Crippen LogP contribution >= 0.6 is 34.2 Å². The zero-order chi connectivity index (χ0) is 12.4. The third-order valence-electron chi connectivity index (χ3n) is 2.62. The summed E-state index contributed by atoms with van der Waals surface area (Å²) in [7, 11) is 0. The Morgan fingerprint density at radius 1 is 1.47 bits per heavy atom. The lowest BCUT2D eigenvalue weighted by Gasteiger charge is -2.07. The molecule has 0 N–H and O–H groups in total. The minimum Gasteiger partial charge on any atom is -0.299 e. The van der Waals surface area contributed by atoms with E-state index in [1.54, 1.807) is 17.0 Å². The average Bonchev–Trinajstić information content (AvgIpc) is 2.29. The lowest BCUT2D eigenvalue weighted by molar-refractivity contribution is 0.655. The summed E-state index contributed by atoms with van der Waals surface area (Å²) in [5.74, 6) is 0. The van der Waals surface area contributed by atoms with Gasteiger partial charge >= 0.3 is 0 Å². The Morgan fingerprint density at radius 3 is 2.94 bits per heavy atom. The van der Waals surface area contributed by atoms with E-state index in [2.05, 4.69) is 27.6 Å². The number of fused-ring (bicyclic) bond motifs is 1. The molecule has 3 nitrogen and oxygen atoms in total. The lowest BCUT2D eigenvalue weighted by Crippen LogP contribution is -2.21. The van der Waals surface area contributed by atoms with Gasteiger partial charge in [0.25, 0.3) is 5.56 Å². The van der Waals surface area contributed by atoms with Crippen molar-refractivity contribution in [3.8, 4) is 0 Å². The van der Waals surface area contributed by atoms with Gasteiger partial charge in [0.15, 0.2) is 0 Å². The predicted octanol–water partition coefficient (Wildman–Crippen LogP) is 3.18. The van der Waals surface area contributed by atoms with Gasteiger partial charge in [0.2, 0.25) is 0 Å². The number of hydrogen-bond donors (Lipinski definition) is 0. The molecular weight excluding hydrogens is 351 g/mol. The van der Waals surface area contributed by atoms with Crippen LogP contribution in [0.2, 0.25) is 5.02 Å². The molecule has 17 heavy (non-hydrogen) atoms. The van der Waals surface area contributed by atoms with E-state index in [-0.39, 0.29) is 5.56 Å². The van der Waals surface area contributed by atoms with Gasteiger partial charge in [0.1, 0.15) is 0 Å². The number of halogens is 2. The monoisotopic (exact) mass is 362 g/mol. The second-order valence-electron chi connectivity index (χ2n) is 3.90. The van der Waals surface area contributed by atoms with Gasteiger partial charge in [-0.2, -0.15) is 0 Å². The van der Waals surface area contributed by atoms with E-state index in [1.165, 1.54) is 0 Å². The molecular formula is C12H12ClIN2O. The maximum absolute atomic E-state index is 12.2. The average molecular weight is 363 g/mol. The molecule has 1 aromatic heterocycles. The Balaban J connectivity index is 2.62. The second-order valence-corrected chi connectivity index (χ2v) is 5.42. The highest BCUT2D eigenvalue weighted by atomic mass is 127. The van der Waals surface area contributed by atoms with Gasteiger partial charge in [-0.25, -0.2) is 4.98 Å². The normalized spacial score (nSPS) is 11.0. The van der Waals surface area contributed by atoms with Crippen molar-refractivity contribution in [1.82, 2.24) is 9.55 Å². The maximum Gasteiger partial charge on any atom is 0.261 e. The number of aromatic nitrogens is 2. The standard InChI is InChI=1S/C12H12ClIN2O/c1-8-5-9(13)6-10-11(8)15-7-16(12(10)17)4-2-3-14/h5-7H,2-4H2,1H3. The van der Waals surface area contributed by atoms with Crippen LogP contribution in [0.15, 0.2) is 23.3 Å². The van der Waals surface area contributed by atoms with Crippen molar-refractivity contribution >= 4 is 45.1 Å². The molecule has 0 aliphatic heterocycles. The Hall–Kier alpha value is -0.620. The number of hydrogen-bond acceptors (Lipinski definition) is 2. The van der Waals surface area contributed by atoms with Crippen LogP contribution in [0.25, 0.3) is 10.9 Å². The third kappa shape index (κ3) is 2.63. The highest BCUT2D eigenvalue weighted by Gasteiger charge is 2.07. The van der Waals surface area contributed by atoms with Crippen LogP contribution in [-0.4, -0.2) is 14.0 Å². The molecule has 0 unspecified atom stereocenters. The maximum atomic E-state index is 12.2. The van der Waals surface area contributed by atoms with Gasteiger partial charge < -0.3 is 0 Å². The van der Waals surface area contributed by atoms with Crippen LogP contribution in [0.3, 0.4) is 0 Å².